The van der Waals surface area contributed by atoms with E-state index < -0.39 is 11.8 Å². The molecule has 0 spiro atoms. The van der Waals surface area contributed by atoms with E-state index in [0.29, 0.717) is 12.2 Å². The molecular formula is C16H20N4O3. The van der Waals surface area contributed by atoms with Gasteiger partial charge in [-0.2, -0.15) is 0 Å². The number of rotatable bonds is 4. The Morgan fingerprint density at radius 2 is 1.96 bits per heavy atom. The molecule has 122 valence electrons. The number of piperidine rings is 1. The highest BCUT2D eigenvalue weighted by molar-refractivity contribution is 5.82. The standard InChI is InChI=1S/C16H20N4O3/c17-13(15(21)20-8-2-1-3-9-20)10-11-4-6-12(7-5-11)14-18-16(22)23-19-14/h4-7,13H,1-3,8-10,17H2,(H,18,19,22)/t13-/m1/s1. The van der Waals surface area contributed by atoms with Crippen LogP contribution in [0.25, 0.3) is 11.4 Å². The van der Waals surface area contributed by atoms with Crippen molar-refractivity contribution in [3.8, 4) is 11.4 Å². The Hall–Kier alpha value is -2.41. The third kappa shape index (κ3) is 3.68. The van der Waals surface area contributed by atoms with Crippen molar-refractivity contribution in [1.29, 1.82) is 0 Å². The second-order valence-electron chi connectivity index (χ2n) is 5.84. The number of amides is 1. The van der Waals surface area contributed by atoms with Gasteiger partial charge in [0, 0.05) is 18.7 Å². The first-order chi connectivity index (χ1) is 11.1. The highest BCUT2D eigenvalue weighted by atomic mass is 16.5. The van der Waals surface area contributed by atoms with Crippen LogP contribution in [0.3, 0.4) is 0 Å². The molecule has 1 aliphatic rings. The highest BCUT2D eigenvalue weighted by Crippen LogP contribution is 2.16. The molecule has 0 saturated carbocycles. The molecule has 1 atom stereocenters. The van der Waals surface area contributed by atoms with Gasteiger partial charge in [0.05, 0.1) is 6.04 Å². The van der Waals surface area contributed by atoms with Crippen molar-refractivity contribution < 1.29 is 9.32 Å². The van der Waals surface area contributed by atoms with Crippen LogP contribution in [0.1, 0.15) is 24.8 Å². The molecule has 0 radical (unpaired) electrons. The molecule has 23 heavy (non-hydrogen) atoms. The second-order valence-corrected chi connectivity index (χ2v) is 5.84. The Labute approximate surface area is 133 Å². The first-order valence-corrected chi connectivity index (χ1v) is 7.83. The summed E-state index contributed by atoms with van der Waals surface area (Å²) in [5, 5.41) is 3.64. The van der Waals surface area contributed by atoms with Crippen molar-refractivity contribution in [3.05, 3.63) is 40.4 Å². The van der Waals surface area contributed by atoms with Crippen LogP contribution in [0, 0.1) is 0 Å². The minimum absolute atomic E-state index is 0.0228. The van der Waals surface area contributed by atoms with Gasteiger partial charge in [-0.3, -0.25) is 14.3 Å². The van der Waals surface area contributed by atoms with Gasteiger partial charge in [-0.1, -0.05) is 29.4 Å². The van der Waals surface area contributed by atoms with Crippen LogP contribution in [0.15, 0.2) is 33.6 Å². The van der Waals surface area contributed by atoms with E-state index in [1.807, 2.05) is 29.2 Å². The van der Waals surface area contributed by atoms with Crippen LogP contribution < -0.4 is 11.5 Å². The number of likely N-dealkylation sites (tertiary alicyclic amines) is 1. The van der Waals surface area contributed by atoms with Crippen molar-refractivity contribution in [2.45, 2.75) is 31.7 Å². The minimum Gasteiger partial charge on any atom is -0.341 e. The molecule has 7 nitrogen and oxygen atoms in total. The van der Waals surface area contributed by atoms with Crippen LogP contribution in [-0.4, -0.2) is 40.1 Å². The average molecular weight is 316 g/mol. The average Bonchev–Trinajstić information content (AvgIpc) is 3.02. The molecule has 0 bridgehead atoms. The van der Waals surface area contributed by atoms with Gasteiger partial charge in [0.2, 0.25) is 5.91 Å². The van der Waals surface area contributed by atoms with Crippen molar-refractivity contribution in [2.75, 3.05) is 13.1 Å². The summed E-state index contributed by atoms with van der Waals surface area (Å²) in [6.45, 7) is 1.62. The maximum absolute atomic E-state index is 12.3. The Morgan fingerprint density at radius 1 is 1.26 bits per heavy atom. The van der Waals surface area contributed by atoms with Gasteiger partial charge >= 0.3 is 5.76 Å². The number of hydrogen-bond acceptors (Lipinski definition) is 5. The zero-order valence-electron chi connectivity index (χ0n) is 12.8. The van der Waals surface area contributed by atoms with Gasteiger partial charge < -0.3 is 10.6 Å². The van der Waals surface area contributed by atoms with E-state index in [2.05, 4.69) is 14.7 Å². The highest BCUT2D eigenvalue weighted by Gasteiger charge is 2.22. The molecule has 3 rings (SSSR count). The number of carbonyl (C=O) groups excluding carboxylic acids is 1. The van der Waals surface area contributed by atoms with Crippen LogP contribution in [-0.2, 0) is 11.2 Å². The fraction of sp³-hybridized carbons (Fsp3) is 0.438. The van der Waals surface area contributed by atoms with Crippen molar-refractivity contribution >= 4 is 5.91 Å². The smallest absolute Gasteiger partial charge is 0.341 e. The van der Waals surface area contributed by atoms with Gasteiger partial charge in [-0.05, 0) is 31.2 Å². The predicted molar refractivity (Wildman–Crippen MR) is 84.7 cm³/mol. The second kappa shape index (κ2) is 6.78. The maximum Gasteiger partial charge on any atom is 0.439 e. The lowest BCUT2D eigenvalue weighted by molar-refractivity contribution is -0.133. The van der Waals surface area contributed by atoms with E-state index in [9.17, 15) is 9.59 Å². The number of carbonyl (C=O) groups is 1. The van der Waals surface area contributed by atoms with Crippen molar-refractivity contribution in [2.24, 2.45) is 5.73 Å². The fourth-order valence-electron chi connectivity index (χ4n) is 2.84. The van der Waals surface area contributed by atoms with Crippen LogP contribution in [0.5, 0.6) is 0 Å². The van der Waals surface area contributed by atoms with E-state index in [4.69, 9.17) is 5.73 Å². The monoisotopic (exact) mass is 316 g/mol. The van der Waals surface area contributed by atoms with E-state index in [0.717, 1.165) is 37.1 Å². The first-order valence-electron chi connectivity index (χ1n) is 7.83. The number of nitrogens with two attached hydrogens (primary N) is 1. The molecule has 0 aliphatic carbocycles. The Balaban J connectivity index is 1.63. The third-order valence-corrected chi connectivity index (χ3v) is 4.11. The molecule has 1 aromatic carbocycles. The number of aromatic nitrogens is 2. The van der Waals surface area contributed by atoms with Crippen LogP contribution >= 0.6 is 0 Å². The van der Waals surface area contributed by atoms with E-state index in [1.54, 1.807) is 0 Å². The Morgan fingerprint density at radius 3 is 2.57 bits per heavy atom. The summed E-state index contributed by atoms with van der Waals surface area (Å²) in [5.74, 6) is -0.178. The van der Waals surface area contributed by atoms with E-state index in [1.165, 1.54) is 6.42 Å². The summed E-state index contributed by atoms with van der Waals surface area (Å²) in [5.41, 5.74) is 7.78. The summed E-state index contributed by atoms with van der Waals surface area (Å²) >= 11 is 0. The first kappa shape index (κ1) is 15.5. The number of benzene rings is 1. The lowest BCUT2D eigenvalue weighted by atomic mass is 10.0. The van der Waals surface area contributed by atoms with Crippen LogP contribution in [0.4, 0.5) is 0 Å². The number of hydrogen-bond donors (Lipinski definition) is 2. The minimum atomic E-state index is -0.585. The van der Waals surface area contributed by atoms with Gasteiger partial charge in [0.15, 0.2) is 5.82 Å². The molecule has 1 fully saturated rings. The molecule has 7 heteroatoms. The zero-order chi connectivity index (χ0) is 16.2. The molecule has 0 unspecified atom stereocenters. The number of nitrogens with zero attached hydrogens (tertiary/aromatic N) is 2. The Kier molecular flexibility index (Phi) is 4.57. The van der Waals surface area contributed by atoms with Gasteiger partial charge in [0.25, 0.3) is 0 Å². The predicted octanol–water partition coefficient (Wildman–Crippen LogP) is 0.912. The summed E-state index contributed by atoms with van der Waals surface area (Å²) < 4.78 is 4.48. The molecule has 1 aromatic heterocycles. The normalized spacial score (nSPS) is 16.3. The van der Waals surface area contributed by atoms with Crippen LogP contribution in [0.2, 0.25) is 0 Å². The number of aromatic amines is 1. The molecule has 1 amide bonds. The topological polar surface area (TPSA) is 105 Å². The summed E-state index contributed by atoms with van der Waals surface area (Å²) in [4.78, 5) is 27.6. The molecule has 3 N–H and O–H groups in total. The van der Waals surface area contributed by atoms with E-state index in [-0.39, 0.29) is 5.91 Å². The molecule has 1 saturated heterocycles. The molecule has 1 aliphatic heterocycles. The van der Waals surface area contributed by atoms with Gasteiger partial charge in [-0.25, -0.2) is 4.79 Å². The van der Waals surface area contributed by atoms with Gasteiger partial charge in [-0.15, -0.1) is 0 Å². The van der Waals surface area contributed by atoms with Crippen molar-refractivity contribution in [3.63, 3.8) is 0 Å². The molecule has 2 heterocycles. The largest absolute Gasteiger partial charge is 0.439 e. The number of nitrogens with one attached hydrogen (secondary N) is 1. The van der Waals surface area contributed by atoms with Gasteiger partial charge in [0.1, 0.15) is 0 Å². The summed E-state index contributed by atoms with van der Waals surface area (Å²) in [6, 6.07) is 6.88. The quantitative estimate of drug-likeness (QED) is 0.872. The lowest BCUT2D eigenvalue weighted by Crippen LogP contribution is -2.46. The molecule has 2 aromatic rings. The SMILES string of the molecule is N[C@H](Cc1ccc(-c2noc(=O)[nH]2)cc1)C(=O)N1CCCCC1. The van der Waals surface area contributed by atoms with E-state index >= 15 is 0 Å². The third-order valence-electron chi connectivity index (χ3n) is 4.11. The molecular weight excluding hydrogens is 296 g/mol. The fourth-order valence-corrected chi connectivity index (χ4v) is 2.84. The summed E-state index contributed by atoms with van der Waals surface area (Å²) in [6.07, 6.45) is 3.79. The number of H-pyrrole nitrogens is 1. The van der Waals surface area contributed by atoms with Crippen molar-refractivity contribution in [1.82, 2.24) is 15.0 Å². The maximum atomic E-state index is 12.3. The summed E-state index contributed by atoms with van der Waals surface area (Å²) in [7, 11) is 0. The Bertz CT molecular complexity index is 713. The zero-order valence-corrected chi connectivity index (χ0v) is 12.8. The lowest BCUT2D eigenvalue weighted by Gasteiger charge is -2.29.